The van der Waals surface area contributed by atoms with Gasteiger partial charge in [-0.2, -0.15) is 5.10 Å². The Morgan fingerprint density at radius 2 is 2.19 bits per heavy atom. The molecule has 7 heteroatoms. The maximum atomic E-state index is 12.8. The zero-order valence-corrected chi connectivity index (χ0v) is 14.9. The first-order valence-electron chi connectivity index (χ1n) is 9.04. The molecule has 0 saturated carbocycles. The summed E-state index contributed by atoms with van der Waals surface area (Å²) in [6, 6.07) is 5.92. The molecular formula is C19H22N4O3. The Labute approximate surface area is 152 Å². The summed E-state index contributed by atoms with van der Waals surface area (Å²) in [5.41, 5.74) is 3.76. The average molecular weight is 354 g/mol. The third kappa shape index (κ3) is 2.94. The standard InChI is InChI=1S/C19H22N4O3/c1-2-7-22-13-15(11-20-22)18(24)21-8-6-16-14(12-21)4-3-5-17(16)23-9-10-26-19(23)25/h3-5,11,13H,2,6-10,12H2,1H3. The van der Waals surface area contributed by atoms with Crippen LogP contribution in [0.15, 0.2) is 30.6 Å². The van der Waals surface area contributed by atoms with Crippen molar-refractivity contribution in [1.29, 1.82) is 0 Å². The third-order valence-electron chi connectivity index (χ3n) is 4.91. The summed E-state index contributed by atoms with van der Waals surface area (Å²) in [6.45, 7) is 5.07. The second-order valence-corrected chi connectivity index (χ2v) is 6.65. The van der Waals surface area contributed by atoms with Gasteiger partial charge in [0.2, 0.25) is 0 Å². The zero-order valence-electron chi connectivity index (χ0n) is 14.9. The highest BCUT2D eigenvalue weighted by Crippen LogP contribution is 2.31. The maximum absolute atomic E-state index is 12.8. The fourth-order valence-electron chi connectivity index (χ4n) is 3.64. The lowest BCUT2D eigenvalue weighted by Crippen LogP contribution is -2.37. The largest absolute Gasteiger partial charge is 0.447 e. The minimum Gasteiger partial charge on any atom is -0.447 e. The number of aryl methyl sites for hydroxylation is 1. The zero-order chi connectivity index (χ0) is 18.1. The third-order valence-corrected chi connectivity index (χ3v) is 4.91. The Bertz CT molecular complexity index is 845. The lowest BCUT2D eigenvalue weighted by Gasteiger charge is -2.31. The first-order valence-corrected chi connectivity index (χ1v) is 9.04. The minimum atomic E-state index is -0.291. The van der Waals surface area contributed by atoms with Gasteiger partial charge in [-0.15, -0.1) is 0 Å². The molecule has 2 aromatic rings. The maximum Gasteiger partial charge on any atom is 0.414 e. The number of amides is 2. The summed E-state index contributed by atoms with van der Waals surface area (Å²) in [5.74, 6) is 0.00369. The molecule has 2 aliphatic heterocycles. The van der Waals surface area contributed by atoms with Crippen LogP contribution in [0.25, 0.3) is 0 Å². The van der Waals surface area contributed by atoms with Gasteiger partial charge >= 0.3 is 6.09 Å². The van der Waals surface area contributed by atoms with Gasteiger partial charge in [0.15, 0.2) is 0 Å². The molecule has 1 fully saturated rings. The van der Waals surface area contributed by atoms with Gasteiger partial charge in [0, 0.05) is 25.8 Å². The molecule has 136 valence electrons. The smallest absolute Gasteiger partial charge is 0.414 e. The number of anilines is 1. The first-order chi connectivity index (χ1) is 12.7. The second-order valence-electron chi connectivity index (χ2n) is 6.65. The van der Waals surface area contributed by atoms with Crippen molar-refractivity contribution in [1.82, 2.24) is 14.7 Å². The van der Waals surface area contributed by atoms with E-state index in [1.807, 2.05) is 34.0 Å². The number of carbonyl (C=O) groups excluding carboxylic acids is 2. The van der Waals surface area contributed by atoms with E-state index in [9.17, 15) is 9.59 Å². The van der Waals surface area contributed by atoms with Gasteiger partial charge in [-0.1, -0.05) is 19.1 Å². The topological polar surface area (TPSA) is 67.7 Å². The fraction of sp³-hybridized carbons (Fsp3) is 0.421. The van der Waals surface area contributed by atoms with Gasteiger partial charge in [-0.25, -0.2) is 4.79 Å². The molecule has 1 aromatic carbocycles. The number of rotatable bonds is 4. The summed E-state index contributed by atoms with van der Waals surface area (Å²) in [4.78, 5) is 28.2. The van der Waals surface area contributed by atoms with Crippen molar-refractivity contribution < 1.29 is 14.3 Å². The highest BCUT2D eigenvalue weighted by molar-refractivity contribution is 5.94. The number of benzene rings is 1. The van der Waals surface area contributed by atoms with Crippen LogP contribution in [0.3, 0.4) is 0 Å². The van der Waals surface area contributed by atoms with E-state index in [0.29, 0.717) is 31.8 Å². The van der Waals surface area contributed by atoms with Crippen molar-refractivity contribution in [3.8, 4) is 0 Å². The van der Waals surface area contributed by atoms with E-state index >= 15 is 0 Å². The highest BCUT2D eigenvalue weighted by Gasteiger charge is 2.29. The van der Waals surface area contributed by atoms with Crippen molar-refractivity contribution in [2.24, 2.45) is 0 Å². The highest BCUT2D eigenvalue weighted by atomic mass is 16.6. The summed E-state index contributed by atoms with van der Waals surface area (Å²) in [7, 11) is 0. The molecule has 1 aromatic heterocycles. The molecular weight excluding hydrogens is 332 g/mol. The number of hydrogen-bond acceptors (Lipinski definition) is 4. The molecule has 0 spiro atoms. The van der Waals surface area contributed by atoms with Gasteiger partial charge in [-0.3, -0.25) is 14.4 Å². The summed E-state index contributed by atoms with van der Waals surface area (Å²) in [6.07, 6.45) is 4.88. The van der Waals surface area contributed by atoms with Gasteiger partial charge in [0.05, 0.1) is 24.0 Å². The number of carbonyl (C=O) groups is 2. The monoisotopic (exact) mass is 354 g/mol. The Morgan fingerprint density at radius 3 is 2.96 bits per heavy atom. The minimum absolute atomic E-state index is 0.00369. The van der Waals surface area contributed by atoms with E-state index < -0.39 is 0 Å². The Balaban J connectivity index is 1.54. The van der Waals surface area contributed by atoms with E-state index in [1.165, 1.54) is 0 Å². The normalized spacial score (nSPS) is 16.6. The summed E-state index contributed by atoms with van der Waals surface area (Å²) >= 11 is 0. The summed E-state index contributed by atoms with van der Waals surface area (Å²) in [5, 5.41) is 4.25. The molecule has 0 aliphatic carbocycles. The molecule has 1 saturated heterocycles. The van der Waals surface area contributed by atoms with Crippen LogP contribution in [-0.4, -0.2) is 46.4 Å². The molecule has 7 nitrogen and oxygen atoms in total. The van der Waals surface area contributed by atoms with E-state index in [4.69, 9.17) is 4.74 Å². The lowest BCUT2D eigenvalue weighted by atomic mass is 9.97. The number of hydrogen-bond donors (Lipinski definition) is 0. The van der Waals surface area contributed by atoms with Crippen LogP contribution in [0.1, 0.15) is 34.8 Å². The van der Waals surface area contributed by atoms with Crippen LogP contribution in [0.4, 0.5) is 10.5 Å². The second kappa shape index (κ2) is 6.82. The van der Waals surface area contributed by atoms with Crippen molar-refractivity contribution in [2.45, 2.75) is 32.9 Å². The molecule has 4 rings (SSSR count). The predicted molar refractivity (Wildman–Crippen MR) is 96.1 cm³/mol. The van der Waals surface area contributed by atoms with Crippen LogP contribution in [0.2, 0.25) is 0 Å². The number of ether oxygens (including phenoxy) is 1. The fourth-order valence-corrected chi connectivity index (χ4v) is 3.64. The van der Waals surface area contributed by atoms with Gasteiger partial charge in [0.1, 0.15) is 6.61 Å². The predicted octanol–water partition coefficient (Wildman–Crippen LogP) is 2.45. The summed E-state index contributed by atoms with van der Waals surface area (Å²) < 4.78 is 6.87. The van der Waals surface area contributed by atoms with E-state index in [2.05, 4.69) is 12.0 Å². The average Bonchev–Trinajstić information content (AvgIpc) is 3.29. The van der Waals surface area contributed by atoms with Crippen LogP contribution < -0.4 is 4.90 Å². The first kappa shape index (κ1) is 16.6. The van der Waals surface area contributed by atoms with Crippen LogP contribution >= 0.6 is 0 Å². The quantitative estimate of drug-likeness (QED) is 0.846. The molecule has 0 N–H and O–H groups in total. The van der Waals surface area contributed by atoms with Gasteiger partial charge in [-0.05, 0) is 30.0 Å². The Kier molecular flexibility index (Phi) is 4.36. The number of cyclic esters (lactones) is 1. The molecule has 3 heterocycles. The van der Waals surface area contributed by atoms with E-state index in [0.717, 1.165) is 36.2 Å². The van der Waals surface area contributed by atoms with Crippen molar-refractivity contribution in [2.75, 3.05) is 24.6 Å². The van der Waals surface area contributed by atoms with E-state index in [1.54, 1.807) is 11.1 Å². The number of nitrogens with zero attached hydrogens (tertiary/aromatic N) is 4. The molecule has 0 atom stereocenters. The van der Waals surface area contributed by atoms with Crippen LogP contribution in [0.5, 0.6) is 0 Å². The number of fused-ring (bicyclic) bond motifs is 1. The lowest BCUT2D eigenvalue weighted by molar-refractivity contribution is 0.0734. The van der Waals surface area contributed by atoms with Crippen molar-refractivity contribution in [3.05, 3.63) is 47.3 Å². The Hall–Kier alpha value is -2.83. The van der Waals surface area contributed by atoms with Gasteiger partial charge in [0.25, 0.3) is 5.91 Å². The molecule has 2 aliphatic rings. The van der Waals surface area contributed by atoms with Gasteiger partial charge < -0.3 is 9.64 Å². The van der Waals surface area contributed by atoms with Crippen molar-refractivity contribution >= 4 is 17.7 Å². The molecule has 0 unspecified atom stereocenters. The van der Waals surface area contributed by atoms with Crippen LogP contribution in [0, 0.1) is 0 Å². The van der Waals surface area contributed by atoms with Crippen LogP contribution in [-0.2, 0) is 24.2 Å². The van der Waals surface area contributed by atoms with E-state index in [-0.39, 0.29) is 12.0 Å². The SMILES string of the molecule is CCCn1cc(C(=O)N2CCc3c(cccc3N3CCOC3=O)C2)cn1. The molecule has 26 heavy (non-hydrogen) atoms. The molecule has 0 bridgehead atoms. The molecule has 2 amide bonds. The van der Waals surface area contributed by atoms with Crippen molar-refractivity contribution in [3.63, 3.8) is 0 Å². The number of aromatic nitrogens is 2. The molecule has 0 radical (unpaired) electrons. The Morgan fingerprint density at radius 1 is 1.31 bits per heavy atom.